The lowest BCUT2D eigenvalue weighted by Crippen LogP contribution is -2.19. The van der Waals surface area contributed by atoms with Crippen molar-refractivity contribution in [2.24, 2.45) is 0 Å². The van der Waals surface area contributed by atoms with Gasteiger partial charge in [-0.25, -0.2) is 0 Å². The van der Waals surface area contributed by atoms with Gasteiger partial charge < -0.3 is 14.2 Å². The van der Waals surface area contributed by atoms with Gasteiger partial charge in [0.15, 0.2) is 6.29 Å². The molecule has 1 rings (SSSR count). The molecular formula is C27H54O3. The summed E-state index contributed by atoms with van der Waals surface area (Å²) in [5.41, 5.74) is 0. The minimum Gasteiger partial charge on any atom is -0.379 e. The van der Waals surface area contributed by atoms with Crippen LogP contribution in [0.1, 0.15) is 142 Å². The molecule has 1 fully saturated rings. The Kier molecular flexibility index (Phi) is 20.6. The van der Waals surface area contributed by atoms with E-state index in [4.69, 9.17) is 14.2 Å². The van der Waals surface area contributed by atoms with Crippen molar-refractivity contribution in [2.45, 2.75) is 155 Å². The van der Waals surface area contributed by atoms with Gasteiger partial charge in [-0.05, 0) is 19.3 Å². The number of hydrogen-bond donors (Lipinski definition) is 0. The molecule has 0 amide bonds. The van der Waals surface area contributed by atoms with E-state index in [1.165, 1.54) is 122 Å². The molecule has 180 valence electrons. The van der Waals surface area contributed by atoms with Gasteiger partial charge in [-0.1, -0.05) is 123 Å². The Hall–Kier alpha value is -0.120. The predicted molar refractivity (Wildman–Crippen MR) is 129 cm³/mol. The summed E-state index contributed by atoms with van der Waals surface area (Å²) in [7, 11) is 0. The summed E-state index contributed by atoms with van der Waals surface area (Å²) in [5, 5.41) is 0. The first-order chi connectivity index (χ1) is 14.9. The smallest absolute Gasteiger partial charge is 0.158 e. The number of hydrogen-bond acceptors (Lipinski definition) is 3. The van der Waals surface area contributed by atoms with E-state index in [1.54, 1.807) is 0 Å². The zero-order chi connectivity index (χ0) is 21.5. The molecule has 0 aromatic carbocycles. The van der Waals surface area contributed by atoms with Crippen molar-refractivity contribution in [3.63, 3.8) is 0 Å². The zero-order valence-electron chi connectivity index (χ0n) is 20.6. The van der Waals surface area contributed by atoms with Crippen molar-refractivity contribution >= 4 is 0 Å². The quantitative estimate of drug-likeness (QED) is 0.153. The summed E-state index contributed by atoms with van der Waals surface area (Å²) in [5.74, 6) is 0. The Bertz CT molecular complexity index is 334. The lowest BCUT2D eigenvalue weighted by Gasteiger charge is -2.12. The molecule has 0 radical (unpaired) electrons. The monoisotopic (exact) mass is 426 g/mol. The van der Waals surface area contributed by atoms with Crippen LogP contribution in [0.3, 0.4) is 0 Å². The van der Waals surface area contributed by atoms with E-state index in [0.29, 0.717) is 13.2 Å². The molecule has 2 unspecified atom stereocenters. The Balaban J connectivity index is 1.75. The number of ether oxygens (including phenoxy) is 3. The Morgan fingerprint density at radius 2 is 1.07 bits per heavy atom. The molecule has 30 heavy (non-hydrogen) atoms. The van der Waals surface area contributed by atoms with E-state index in [9.17, 15) is 0 Å². The van der Waals surface area contributed by atoms with E-state index in [0.717, 1.165) is 13.0 Å². The van der Waals surface area contributed by atoms with Gasteiger partial charge in [-0.2, -0.15) is 0 Å². The second-order valence-electron chi connectivity index (χ2n) is 9.39. The average Bonchev–Trinajstić information content (AvgIpc) is 3.21. The molecule has 1 aliphatic heterocycles. The van der Waals surface area contributed by atoms with Crippen LogP contribution in [0, 0.1) is 0 Å². The van der Waals surface area contributed by atoms with Gasteiger partial charge in [0.05, 0.1) is 13.2 Å². The lowest BCUT2D eigenvalue weighted by molar-refractivity contribution is -0.0761. The molecule has 0 aromatic rings. The van der Waals surface area contributed by atoms with Crippen molar-refractivity contribution in [1.82, 2.24) is 0 Å². The van der Waals surface area contributed by atoms with Gasteiger partial charge in [-0.3, -0.25) is 0 Å². The summed E-state index contributed by atoms with van der Waals surface area (Å²) < 4.78 is 17.5. The van der Waals surface area contributed by atoms with E-state index < -0.39 is 0 Å². The van der Waals surface area contributed by atoms with Crippen LogP contribution in [-0.4, -0.2) is 32.2 Å². The average molecular weight is 427 g/mol. The van der Waals surface area contributed by atoms with Crippen LogP contribution in [0.15, 0.2) is 0 Å². The van der Waals surface area contributed by atoms with Crippen LogP contribution in [0.25, 0.3) is 0 Å². The highest BCUT2D eigenvalue weighted by molar-refractivity contribution is 4.65. The molecule has 3 heteroatoms. The number of unbranched alkanes of at least 4 members (excludes halogenated alkanes) is 17. The maximum atomic E-state index is 5.96. The summed E-state index contributed by atoms with van der Waals surface area (Å²) in [4.78, 5) is 0. The minimum absolute atomic E-state index is 0.0145. The Labute approximate surface area is 189 Å². The lowest BCUT2D eigenvalue weighted by atomic mass is 10.0. The van der Waals surface area contributed by atoms with E-state index in [2.05, 4.69) is 13.8 Å². The molecule has 2 atom stereocenters. The molecule has 1 aliphatic rings. The highest BCUT2D eigenvalue weighted by Crippen LogP contribution is 2.19. The van der Waals surface area contributed by atoms with Gasteiger partial charge in [0.1, 0.15) is 6.10 Å². The van der Waals surface area contributed by atoms with Crippen molar-refractivity contribution in [3.05, 3.63) is 0 Å². The summed E-state index contributed by atoms with van der Waals surface area (Å²) in [6.07, 6.45) is 27.4. The highest BCUT2D eigenvalue weighted by atomic mass is 16.7. The normalized spacial score (nSPS) is 19.0. The molecule has 0 saturated carbocycles. The highest BCUT2D eigenvalue weighted by Gasteiger charge is 2.25. The van der Waals surface area contributed by atoms with E-state index >= 15 is 0 Å². The molecule has 0 aliphatic carbocycles. The van der Waals surface area contributed by atoms with Crippen LogP contribution in [0.2, 0.25) is 0 Å². The van der Waals surface area contributed by atoms with Crippen molar-refractivity contribution in [1.29, 1.82) is 0 Å². The number of rotatable bonds is 23. The molecular weight excluding hydrogens is 372 g/mol. The molecule has 1 heterocycles. The van der Waals surface area contributed by atoms with Gasteiger partial charge in [0, 0.05) is 6.61 Å². The molecule has 0 spiro atoms. The SMILES string of the molecule is CCCCCCCCCCCCCCCCCC1OCC(COCCCCCC)O1. The maximum absolute atomic E-state index is 5.96. The Morgan fingerprint density at radius 1 is 0.600 bits per heavy atom. The van der Waals surface area contributed by atoms with Crippen LogP contribution >= 0.6 is 0 Å². The fraction of sp³-hybridized carbons (Fsp3) is 1.00. The molecule has 0 N–H and O–H groups in total. The second kappa shape index (κ2) is 22.1. The standard InChI is InChI=1S/C27H54O3/c1-3-5-7-9-10-11-12-13-14-15-16-17-18-19-20-22-27-29-25-26(30-27)24-28-23-21-8-6-4-2/h26-27H,3-25H2,1-2H3. The van der Waals surface area contributed by atoms with Gasteiger partial charge in [0.2, 0.25) is 0 Å². The topological polar surface area (TPSA) is 27.7 Å². The fourth-order valence-corrected chi connectivity index (χ4v) is 4.27. The largest absolute Gasteiger partial charge is 0.379 e. The van der Waals surface area contributed by atoms with Crippen LogP contribution < -0.4 is 0 Å². The van der Waals surface area contributed by atoms with Crippen molar-refractivity contribution in [2.75, 3.05) is 19.8 Å². The van der Waals surface area contributed by atoms with Gasteiger partial charge >= 0.3 is 0 Å². The first-order valence-corrected chi connectivity index (χ1v) is 13.7. The first kappa shape index (κ1) is 27.9. The van der Waals surface area contributed by atoms with Crippen molar-refractivity contribution < 1.29 is 14.2 Å². The zero-order valence-corrected chi connectivity index (χ0v) is 20.6. The van der Waals surface area contributed by atoms with Gasteiger partial charge in [-0.15, -0.1) is 0 Å². The summed E-state index contributed by atoms with van der Waals surface area (Å²) >= 11 is 0. The van der Waals surface area contributed by atoms with E-state index in [-0.39, 0.29) is 12.4 Å². The van der Waals surface area contributed by atoms with E-state index in [1.807, 2.05) is 0 Å². The summed E-state index contributed by atoms with van der Waals surface area (Å²) in [6.45, 7) is 6.80. The third-order valence-electron chi connectivity index (χ3n) is 6.30. The van der Waals surface area contributed by atoms with Crippen molar-refractivity contribution in [3.8, 4) is 0 Å². The van der Waals surface area contributed by atoms with Crippen LogP contribution in [0.5, 0.6) is 0 Å². The molecule has 0 aromatic heterocycles. The van der Waals surface area contributed by atoms with Crippen LogP contribution in [0.4, 0.5) is 0 Å². The molecule has 0 bridgehead atoms. The van der Waals surface area contributed by atoms with Gasteiger partial charge in [0.25, 0.3) is 0 Å². The Morgan fingerprint density at radius 3 is 1.60 bits per heavy atom. The maximum Gasteiger partial charge on any atom is 0.158 e. The first-order valence-electron chi connectivity index (χ1n) is 13.7. The molecule has 1 saturated heterocycles. The minimum atomic E-state index is 0.0145. The predicted octanol–water partition coefficient (Wildman–Crippen LogP) is 8.59. The second-order valence-corrected chi connectivity index (χ2v) is 9.39. The molecule has 3 nitrogen and oxygen atoms in total. The fourth-order valence-electron chi connectivity index (χ4n) is 4.27. The third-order valence-corrected chi connectivity index (χ3v) is 6.30. The third kappa shape index (κ3) is 17.5. The summed E-state index contributed by atoms with van der Waals surface area (Å²) in [6, 6.07) is 0. The van der Waals surface area contributed by atoms with Crippen LogP contribution in [-0.2, 0) is 14.2 Å².